The summed E-state index contributed by atoms with van der Waals surface area (Å²) in [7, 11) is 0. The second kappa shape index (κ2) is 3.14. The molecule has 2 atom stereocenters. The van der Waals surface area contributed by atoms with Crippen LogP contribution in [-0.4, -0.2) is 16.8 Å². The van der Waals surface area contributed by atoms with Crippen molar-refractivity contribution >= 4 is 0 Å². The minimum atomic E-state index is -0.0500. The van der Waals surface area contributed by atoms with Gasteiger partial charge in [0.1, 0.15) is 0 Å². The van der Waals surface area contributed by atoms with E-state index in [2.05, 4.69) is 13.8 Å². The predicted octanol–water partition coefficient (Wildman–Crippen LogP) is 1.80. The lowest BCUT2D eigenvalue weighted by Crippen LogP contribution is -2.05. The highest BCUT2D eigenvalue weighted by Crippen LogP contribution is 2.65. The average molecular weight is 207 g/mol. The summed E-state index contributed by atoms with van der Waals surface area (Å²) in [5.74, 6) is 0.609. The maximum atomic E-state index is 9.76. The fourth-order valence-corrected chi connectivity index (χ4v) is 2.60. The van der Waals surface area contributed by atoms with Gasteiger partial charge in [-0.15, -0.1) is 0 Å². The van der Waals surface area contributed by atoms with E-state index in [1.165, 1.54) is 6.07 Å². The number of rotatable bonds is 2. The van der Waals surface area contributed by atoms with Crippen LogP contribution < -0.4 is 5.73 Å². The largest absolute Gasteiger partial charge is 0.504 e. The number of hydrogen-bond acceptors (Lipinski definition) is 3. The van der Waals surface area contributed by atoms with Gasteiger partial charge in [0.15, 0.2) is 11.5 Å². The van der Waals surface area contributed by atoms with Crippen molar-refractivity contribution in [2.75, 3.05) is 6.54 Å². The van der Waals surface area contributed by atoms with E-state index in [0.717, 1.165) is 5.56 Å². The molecule has 4 N–H and O–H groups in total. The second-order valence-electron chi connectivity index (χ2n) is 4.86. The molecule has 0 unspecified atom stereocenters. The first kappa shape index (κ1) is 10.3. The molecule has 82 valence electrons. The Balaban J connectivity index is 2.37. The zero-order valence-electron chi connectivity index (χ0n) is 9.07. The van der Waals surface area contributed by atoms with E-state index in [-0.39, 0.29) is 22.8 Å². The summed E-state index contributed by atoms with van der Waals surface area (Å²) < 4.78 is 0. The Morgan fingerprint density at radius 3 is 2.53 bits per heavy atom. The van der Waals surface area contributed by atoms with Crippen LogP contribution in [0.25, 0.3) is 0 Å². The van der Waals surface area contributed by atoms with Gasteiger partial charge in [-0.2, -0.15) is 0 Å². The van der Waals surface area contributed by atoms with Crippen molar-refractivity contribution in [1.82, 2.24) is 0 Å². The van der Waals surface area contributed by atoms with Crippen LogP contribution in [0.5, 0.6) is 11.5 Å². The summed E-state index contributed by atoms with van der Waals surface area (Å²) in [5.41, 5.74) is 6.62. The molecular weight excluding hydrogens is 190 g/mol. The molecule has 0 aliphatic heterocycles. The van der Waals surface area contributed by atoms with E-state index < -0.39 is 0 Å². The maximum Gasteiger partial charge on any atom is 0.160 e. The molecule has 0 radical (unpaired) electrons. The van der Waals surface area contributed by atoms with E-state index in [1.54, 1.807) is 6.07 Å². The van der Waals surface area contributed by atoms with Crippen LogP contribution in [0.1, 0.15) is 25.3 Å². The SMILES string of the molecule is CC1(C)[C@H](CN)[C@H]1c1cccc(O)c1O. The monoisotopic (exact) mass is 207 g/mol. The van der Waals surface area contributed by atoms with Crippen molar-refractivity contribution < 1.29 is 10.2 Å². The third kappa shape index (κ3) is 1.38. The summed E-state index contributed by atoms with van der Waals surface area (Å²) in [6.45, 7) is 4.89. The molecule has 0 aromatic heterocycles. The number of benzene rings is 1. The van der Waals surface area contributed by atoms with Crippen LogP contribution >= 0.6 is 0 Å². The number of hydrogen-bond donors (Lipinski definition) is 3. The fourth-order valence-electron chi connectivity index (χ4n) is 2.60. The molecule has 0 bridgehead atoms. The van der Waals surface area contributed by atoms with E-state index in [1.807, 2.05) is 6.07 Å². The predicted molar refractivity (Wildman–Crippen MR) is 58.8 cm³/mol. The van der Waals surface area contributed by atoms with Crippen LogP contribution in [0.4, 0.5) is 0 Å². The molecule has 1 saturated carbocycles. The normalized spacial score (nSPS) is 27.7. The lowest BCUT2D eigenvalue weighted by Gasteiger charge is -2.06. The number of phenolic OH excluding ortho intramolecular Hbond substituents is 2. The zero-order valence-corrected chi connectivity index (χ0v) is 9.07. The van der Waals surface area contributed by atoms with E-state index >= 15 is 0 Å². The zero-order chi connectivity index (χ0) is 11.2. The van der Waals surface area contributed by atoms with Crippen molar-refractivity contribution in [1.29, 1.82) is 0 Å². The van der Waals surface area contributed by atoms with Crippen LogP contribution in [0.15, 0.2) is 18.2 Å². The third-order valence-electron chi connectivity index (χ3n) is 3.69. The van der Waals surface area contributed by atoms with Gasteiger partial charge in [-0.25, -0.2) is 0 Å². The molecular formula is C12H17NO2. The van der Waals surface area contributed by atoms with E-state index in [9.17, 15) is 10.2 Å². The lowest BCUT2D eigenvalue weighted by molar-refractivity contribution is 0.397. The second-order valence-corrected chi connectivity index (χ2v) is 4.86. The summed E-state index contributed by atoms with van der Waals surface area (Å²) in [4.78, 5) is 0. The molecule has 3 nitrogen and oxygen atoms in total. The molecule has 15 heavy (non-hydrogen) atoms. The van der Waals surface area contributed by atoms with Gasteiger partial charge in [0.2, 0.25) is 0 Å². The molecule has 2 rings (SSSR count). The summed E-state index contributed by atoms with van der Waals surface area (Å²) >= 11 is 0. The molecule has 1 aromatic carbocycles. The van der Waals surface area contributed by atoms with E-state index in [4.69, 9.17) is 5.73 Å². The van der Waals surface area contributed by atoms with E-state index in [0.29, 0.717) is 12.5 Å². The Hall–Kier alpha value is -1.22. The van der Waals surface area contributed by atoms with Gasteiger partial charge in [-0.3, -0.25) is 0 Å². The summed E-state index contributed by atoms with van der Waals surface area (Å²) in [6, 6.07) is 5.11. The Labute approximate surface area is 89.5 Å². The molecule has 0 amide bonds. The van der Waals surface area contributed by atoms with Crippen LogP contribution in [0, 0.1) is 11.3 Å². The van der Waals surface area contributed by atoms with Gasteiger partial charge in [-0.05, 0) is 29.9 Å². The number of phenols is 2. The Bertz CT molecular complexity index is 387. The molecule has 3 heteroatoms. The summed E-state index contributed by atoms with van der Waals surface area (Å²) in [5, 5.41) is 19.2. The first-order chi connectivity index (χ1) is 7.00. The van der Waals surface area contributed by atoms with Crippen molar-refractivity contribution in [2.24, 2.45) is 17.1 Å². The van der Waals surface area contributed by atoms with Gasteiger partial charge in [0.05, 0.1) is 0 Å². The molecule has 0 spiro atoms. The Morgan fingerprint density at radius 2 is 2.00 bits per heavy atom. The first-order valence-electron chi connectivity index (χ1n) is 5.21. The lowest BCUT2D eigenvalue weighted by atomic mass is 10.0. The number of aromatic hydroxyl groups is 2. The smallest absolute Gasteiger partial charge is 0.160 e. The standard InChI is InChI=1S/C12H17NO2/c1-12(2)8(6-13)10(12)7-4-3-5-9(14)11(7)15/h3-5,8,10,14-15H,6,13H2,1-2H3/t8-,10-/m1/s1. The van der Waals surface area contributed by atoms with Gasteiger partial charge in [-0.1, -0.05) is 26.0 Å². The fraction of sp³-hybridized carbons (Fsp3) is 0.500. The highest BCUT2D eigenvalue weighted by atomic mass is 16.3. The number of nitrogens with two attached hydrogens (primary N) is 1. The molecule has 0 heterocycles. The van der Waals surface area contributed by atoms with Crippen molar-refractivity contribution in [3.8, 4) is 11.5 Å². The molecule has 1 aromatic rings. The minimum Gasteiger partial charge on any atom is -0.504 e. The van der Waals surface area contributed by atoms with Gasteiger partial charge >= 0.3 is 0 Å². The molecule has 1 aliphatic rings. The number of para-hydroxylation sites is 1. The van der Waals surface area contributed by atoms with Gasteiger partial charge in [0.25, 0.3) is 0 Å². The van der Waals surface area contributed by atoms with Crippen molar-refractivity contribution in [3.05, 3.63) is 23.8 Å². The van der Waals surface area contributed by atoms with Crippen molar-refractivity contribution in [3.63, 3.8) is 0 Å². The topological polar surface area (TPSA) is 66.5 Å². The maximum absolute atomic E-state index is 9.76. The van der Waals surface area contributed by atoms with Gasteiger partial charge < -0.3 is 15.9 Å². The van der Waals surface area contributed by atoms with Crippen molar-refractivity contribution in [2.45, 2.75) is 19.8 Å². The molecule has 1 aliphatic carbocycles. The highest BCUT2D eigenvalue weighted by molar-refractivity contribution is 5.49. The highest BCUT2D eigenvalue weighted by Gasteiger charge is 2.58. The molecule has 1 fully saturated rings. The van der Waals surface area contributed by atoms with Crippen LogP contribution in [-0.2, 0) is 0 Å². The van der Waals surface area contributed by atoms with Crippen LogP contribution in [0.3, 0.4) is 0 Å². The third-order valence-corrected chi connectivity index (χ3v) is 3.69. The Morgan fingerprint density at radius 1 is 1.33 bits per heavy atom. The molecule has 0 saturated heterocycles. The van der Waals surface area contributed by atoms with Crippen LogP contribution in [0.2, 0.25) is 0 Å². The quantitative estimate of drug-likeness (QED) is 0.648. The first-order valence-corrected chi connectivity index (χ1v) is 5.21. The Kier molecular flexibility index (Phi) is 2.15. The van der Waals surface area contributed by atoms with Gasteiger partial charge in [0, 0.05) is 5.56 Å². The average Bonchev–Trinajstić information content (AvgIpc) is 2.73. The summed E-state index contributed by atoms with van der Waals surface area (Å²) in [6.07, 6.45) is 0. The minimum absolute atomic E-state index is 0.00604.